The molecule has 0 radical (unpaired) electrons. The predicted octanol–water partition coefficient (Wildman–Crippen LogP) is 5.40. The molecule has 0 aliphatic heterocycles. The minimum atomic E-state index is -0.504. The quantitative estimate of drug-likeness (QED) is 0.102. The van der Waals surface area contributed by atoms with Gasteiger partial charge in [-0.15, -0.1) is 23.1 Å². The van der Waals surface area contributed by atoms with Gasteiger partial charge in [0.05, 0.1) is 31.6 Å². The maximum Gasteiger partial charge on any atom is 0.311 e. The van der Waals surface area contributed by atoms with Crippen LogP contribution in [-0.4, -0.2) is 48.1 Å². The molecule has 0 saturated carbocycles. The van der Waals surface area contributed by atoms with Crippen LogP contribution in [0.15, 0.2) is 94.8 Å². The van der Waals surface area contributed by atoms with E-state index in [2.05, 4.69) is 20.9 Å². The van der Waals surface area contributed by atoms with Gasteiger partial charge in [-0.05, 0) is 67.1 Å². The Labute approximate surface area is 262 Å². The van der Waals surface area contributed by atoms with Crippen LogP contribution >= 0.6 is 23.1 Å². The van der Waals surface area contributed by atoms with Gasteiger partial charge in [-0.3, -0.25) is 19.2 Å². The second kappa shape index (κ2) is 16.1. The molecule has 4 aromatic rings. The molecule has 0 atom stereocenters. The van der Waals surface area contributed by atoms with Crippen molar-refractivity contribution in [1.82, 2.24) is 10.3 Å². The number of thiazole rings is 1. The monoisotopic (exact) mass is 630 g/mol. The van der Waals surface area contributed by atoms with Gasteiger partial charge in [0.2, 0.25) is 5.91 Å². The van der Waals surface area contributed by atoms with Crippen LogP contribution in [0.2, 0.25) is 0 Å². The lowest BCUT2D eigenvalue weighted by Gasteiger charge is -2.12. The fourth-order valence-corrected chi connectivity index (χ4v) is 5.18. The molecule has 1 aromatic heterocycles. The number of hydrogen-bond acceptors (Lipinski definition) is 9. The number of carbonyl (C=O) groups excluding carboxylic acids is 4. The van der Waals surface area contributed by atoms with Crippen LogP contribution in [0, 0.1) is 0 Å². The molecule has 0 fully saturated rings. The molecule has 0 unspecified atom stereocenters. The second-order valence-electron chi connectivity index (χ2n) is 9.09. The smallest absolute Gasteiger partial charge is 0.311 e. The number of carbonyl (C=O) groups is 4. The average Bonchev–Trinajstić information content (AvgIpc) is 3.47. The fourth-order valence-electron chi connectivity index (χ4n) is 3.75. The summed E-state index contributed by atoms with van der Waals surface area (Å²) in [6.45, 7) is 2.03. The van der Waals surface area contributed by atoms with Crippen molar-refractivity contribution < 1.29 is 28.7 Å². The minimum Gasteiger partial charge on any atom is -0.497 e. The van der Waals surface area contributed by atoms with Crippen molar-refractivity contribution in [2.75, 3.05) is 30.1 Å². The van der Waals surface area contributed by atoms with Crippen molar-refractivity contribution in [3.05, 3.63) is 107 Å². The molecule has 0 aliphatic rings. The van der Waals surface area contributed by atoms with Crippen molar-refractivity contribution in [2.24, 2.45) is 0 Å². The maximum absolute atomic E-state index is 13.3. The van der Waals surface area contributed by atoms with E-state index < -0.39 is 11.8 Å². The van der Waals surface area contributed by atoms with Crippen molar-refractivity contribution in [3.63, 3.8) is 0 Å². The summed E-state index contributed by atoms with van der Waals surface area (Å²) in [6, 6.07) is 22.7. The van der Waals surface area contributed by atoms with Crippen LogP contribution in [0.5, 0.6) is 5.75 Å². The molecule has 3 amide bonds. The number of benzene rings is 3. The largest absolute Gasteiger partial charge is 0.497 e. The summed E-state index contributed by atoms with van der Waals surface area (Å²) in [7, 11) is 1.57. The molecule has 10 nitrogen and oxygen atoms in total. The molecule has 0 saturated heterocycles. The van der Waals surface area contributed by atoms with E-state index in [1.165, 1.54) is 23.1 Å². The number of esters is 1. The zero-order valence-corrected chi connectivity index (χ0v) is 25.6. The summed E-state index contributed by atoms with van der Waals surface area (Å²) < 4.78 is 10.1. The van der Waals surface area contributed by atoms with Gasteiger partial charge in [0.1, 0.15) is 11.4 Å². The second-order valence-corrected chi connectivity index (χ2v) is 11.0. The zero-order valence-electron chi connectivity index (χ0n) is 24.0. The number of aromatic nitrogens is 1. The van der Waals surface area contributed by atoms with Crippen molar-refractivity contribution in [2.45, 2.75) is 18.2 Å². The van der Waals surface area contributed by atoms with Crippen molar-refractivity contribution >= 4 is 63.7 Å². The predicted molar refractivity (Wildman–Crippen MR) is 172 cm³/mol. The minimum absolute atomic E-state index is 0.0516. The summed E-state index contributed by atoms with van der Waals surface area (Å²) in [5.74, 6) is -0.729. The van der Waals surface area contributed by atoms with E-state index in [-0.39, 0.29) is 29.7 Å². The highest BCUT2D eigenvalue weighted by Gasteiger charge is 2.16. The van der Waals surface area contributed by atoms with Gasteiger partial charge < -0.3 is 25.4 Å². The summed E-state index contributed by atoms with van der Waals surface area (Å²) in [5.41, 5.74) is 2.22. The fraction of sp³-hybridized carbons (Fsp3) is 0.156. The van der Waals surface area contributed by atoms with Gasteiger partial charge in [0, 0.05) is 21.5 Å². The number of nitrogens with zero attached hydrogens (tertiary/aromatic N) is 1. The van der Waals surface area contributed by atoms with Crippen LogP contribution in [0.3, 0.4) is 0 Å². The van der Waals surface area contributed by atoms with Gasteiger partial charge in [0.15, 0.2) is 5.13 Å². The van der Waals surface area contributed by atoms with Gasteiger partial charge >= 0.3 is 5.97 Å². The molecule has 0 bridgehead atoms. The van der Waals surface area contributed by atoms with E-state index >= 15 is 0 Å². The first-order valence-electron chi connectivity index (χ1n) is 13.5. The van der Waals surface area contributed by atoms with E-state index in [0.29, 0.717) is 40.0 Å². The van der Waals surface area contributed by atoms with Crippen molar-refractivity contribution in [1.29, 1.82) is 0 Å². The van der Waals surface area contributed by atoms with E-state index in [4.69, 9.17) is 9.47 Å². The molecule has 12 heteroatoms. The Hall–Kier alpha value is -4.94. The number of methoxy groups -OCH3 is 1. The highest BCUT2D eigenvalue weighted by molar-refractivity contribution is 8.00. The number of rotatable bonds is 13. The van der Waals surface area contributed by atoms with E-state index in [1.54, 1.807) is 104 Å². The average molecular weight is 631 g/mol. The summed E-state index contributed by atoms with van der Waals surface area (Å²) in [6.07, 6.45) is 1.64. The third-order valence-corrected chi connectivity index (χ3v) is 7.69. The van der Waals surface area contributed by atoms with Gasteiger partial charge in [-0.1, -0.05) is 30.3 Å². The first-order valence-corrected chi connectivity index (χ1v) is 15.4. The summed E-state index contributed by atoms with van der Waals surface area (Å²) in [5, 5.41) is 10.4. The number of hydrogen-bond donors (Lipinski definition) is 3. The summed E-state index contributed by atoms with van der Waals surface area (Å²) in [4.78, 5) is 55.2. The van der Waals surface area contributed by atoms with Crippen LogP contribution in [0.1, 0.15) is 28.5 Å². The molecule has 1 heterocycles. The Morgan fingerprint density at radius 1 is 0.932 bits per heavy atom. The highest BCUT2D eigenvalue weighted by Crippen LogP contribution is 2.22. The van der Waals surface area contributed by atoms with Crippen LogP contribution in [-0.2, 0) is 25.5 Å². The third kappa shape index (κ3) is 9.82. The molecule has 0 spiro atoms. The highest BCUT2D eigenvalue weighted by atomic mass is 32.2. The lowest BCUT2D eigenvalue weighted by atomic mass is 10.1. The van der Waals surface area contributed by atoms with Crippen LogP contribution in [0.4, 0.5) is 10.8 Å². The number of amides is 3. The summed E-state index contributed by atoms with van der Waals surface area (Å²) >= 11 is 2.55. The van der Waals surface area contributed by atoms with E-state index in [1.807, 2.05) is 0 Å². The molecule has 3 aromatic carbocycles. The first-order chi connectivity index (χ1) is 21.3. The first kappa shape index (κ1) is 32.0. The molecule has 3 N–H and O–H groups in total. The standard InChI is InChI=1S/C32H30N4O6S2/c1-3-42-29(38)18-24-19-44-32(34-24)36-28(37)20-43-26-15-11-23(12-16-26)33-31(40)27(17-21-9-13-25(41-2)14-10-21)35-30(39)22-7-5-4-6-8-22/h4-17,19H,3,18,20H2,1-2H3,(H,33,40)(H,35,39)(H,34,36,37)/b27-17-. The Kier molecular flexibility index (Phi) is 11.7. The van der Waals surface area contributed by atoms with E-state index in [9.17, 15) is 19.2 Å². The molecule has 226 valence electrons. The van der Waals surface area contributed by atoms with Gasteiger partial charge in [0.25, 0.3) is 11.8 Å². The molecule has 0 aliphatic carbocycles. The van der Waals surface area contributed by atoms with Crippen LogP contribution in [0.25, 0.3) is 6.08 Å². The SMILES string of the molecule is CCOC(=O)Cc1csc(NC(=O)CSc2ccc(NC(=O)/C(=C/c3ccc(OC)cc3)NC(=O)c3ccccc3)cc2)n1. The zero-order chi connectivity index (χ0) is 31.3. The third-order valence-electron chi connectivity index (χ3n) is 5.87. The van der Waals surface area contributed by atoms with Crippen LogP contribution < -0.4 is 20.7 Å². The molecule has 4 rings (SSSR count). The Morgan fingerprint density at radius 3 is 2.34 bits per heavy atom. The Morgan fingerprint density at radius 2 is 1.66 bits per heavy atom. The van der Waals surface area contributed by atoms with Crippen molar-refractivity contribution in [3.8, 4) is 5.75 Å². The molecule has 44 heavy (non-hydrogen) atoms. The Bertz CT molecular complexity index is 1620. The van der Waals surface area contributed by atoms with Gasteiger partial charge in [-0.25, -0.2) is 4.98 Å². The number of ether oxygens (including phenoxy) is 2. The maximum atomic E-state index is 13.3. The van der Waals surface area contributed by atoms with Gasteiger partial charge in [-0.2, -0.15) is 0 Å². The lowest BCUT2D eigenvalue weighted by molar-refractivity contribution is -0.142. The number of anilines is 2. The van der Waals surface area contributed by atoms with E-state index in [0.717, 1.165) is 4.90 Å². The lowest BCUT2D eigenvalue weighted by Crippen LogP contribution is -2.30. The molecular formula is C32H30N4O6S2. The molecular weight excluding hydrogens is 601 g/mol. The Balaban J connectivity index is 1.35. The number of nitrogens with one attached hydrogen (secondary N) is 3. The topological polar surface area (TPSA) is 136 Å². The number of thioether (sulfide) groups is 1. The normalized spacial score (nSPS) is 10.9.